The van der Waals surface area contributed by atoms with Gasteiger partial charge in [-0.05, 0) is 13.0 Å². The fourth-order valence-corrected chi connectivity index (χ4v) is 2.25. The van der Waals surface area contributed by atoms with Gasteiger partial charge in [-0.1, -0.05) is 0 Å². The Morgan fingerprint density at radius 1 is 1.14 bits per heavy atom. The van der Waals surface area contributed by atoms with Gasteiger partial charge in [0, 0.05) is 32.8 Å². The lowest BCUT2D eigenvalue weighted by molar-refractivity contribution is -0.139. The largest absolute Gasteiger partial charge is 0.379 e. The summed E-state index contributed by atoms with van der Waals surface area (Å²) in [7, 11) is 0. The lowest BCUT2D eigenvalue weighted by Gasteiger charge is -2.26. The Hall–Kier alpha value is -1.22. The van der Waals surface area contributed by atoms with Crippen LogP contribution in [0, 0.1) is 0 Å². The van der Waals surface area contributed by atoms with Crippen LogP contribution in [0.25, 0.3) is 0 Å². The molecule has 2 fully saturated rings. The number of hydrogen-bond donors (Lipinski definition) is 3. The van der Waals surface area contributed by atoms with E-state index in [1.807, 2.05) is 0 Å². The van der Waals surface area contributed by atoms with Crippen LogP contribution in [0.5, 0.6) is 0 Å². The number of rotatable bonds is 5. The molecule has 0 saturated carbocycles. The van der Waals surface area contributed by atoms with E-state index in [0.717, 1.165) is 45.8 Å². The average Bonchev–Trinajstić information content (AvgIpc) is 2.54. The molecule has 2 saturated heterocycles. The second-order valence-electron chi connectivity index (χ2n) is 5.09. The van der Waals surface area contributed by atoms with E-state index in [1.54, 1.807) is 0 Å². The maximum Gasteiger partial charge on any atom is 0.309 e. The third kappa shape index (κ3) is 5.96. The van der Waals surface area contributed by atoms with Crippen molar-refractivity contribution in [1.82, 2.24) is 20.9 Å². The molecule has 0 aromatic carbocycles. The lowest BCUT2D eigenvalue weighted by atomic mass is 10.3. The van der Waals surface area contributed by atoms with E-state index in [2.05, 4.69) is 20.9 Å². The first-order valence-corrected chi connectivity index (χ1v) is 7.47. The van der Waals surface area contributed by atoms with Crippen LogP contribution < -0.4 is 16.0 Å². The molecule has 2 aliphatic heterocycles. The van der Waals surface area contributed by atoms with Crippen LogP contribution in [0.3, 0.4) is 0 Å². The number of carbonyl (C=O) groups excluding carboxylic acids is 2. The Bertz CT molecular complexity index is 341. The molecule has 0 bridgehead atoms. The third-order valence-electron chi connectivity index (χ3n) is 3.48. The van der Waals surface area contributed by atoms with Crippen molar-refractivity contribution in [3.8, 4) is 0 Å². The van der Waals surface area contributed by atoms with E-state index in [1.165, 1.54) is 0 Å². The Kier molecular flexibility index (Phi) is 6.87. The molecule has 2 amide bonds. The van der Waals surface area contributed by atoms with Gasteiger partial charge in [0.05, 0.1) is 19.8 Å². The van der Waals surface area contributed by atoms with Gasteiger partial charge < -0.3 is 20.1 Å². The van der Waals surface area contributed by atoms with Crippen molar-refractivity contribution >= 4 is 11.8 Å². The van der Waals surface area contributed by atoms with Crippen molar-refractivity contribution in [3.05, 3.63) is 0 Å². The molecule has 0 aromatic heterocycles. The zero-order chi connectivity index (χ0) is 14.9. The summed E-state index contributed by atoms with van der Waals surface area (Å²) in [6.07, 6.45) is 0.760. The predicted octanol–water partition coefficient (Wildman–Crippen LogP) is -2.11. The molecule has 8 heteroatoms. The molecule has 2 aliphatic rings. The molecule has 120 valence electrons. The van der Waals surface area contributed by atoms with Gasteiger partial charge >= 0.3 is 11.8 Å². The summed E-state index contributed by atoms with van der Waals surface area (Å²) in [6.45, 7) is 6.23. The molecule has 2 heterocycles. The number of nitrogens with one attached hydrogen (secondary N) is 3. The summed E-state index contributed by atoms with van der Waals surface area (Å²) in [5.74, 6) is -1.22. The van der Waals surface area contributed by atoms with Crippen molar-refractivity contribution in [3.63, 3.8) is 0 Å². The second kappa shape index (κ2) is 8.93. The maximum absolute atomic E-state index is 11.6. The average molecular weight is 300 g/mol. The molecule has 2 rings (SSSR count). The van der Waals surface area contributed by atoms with Crippen molar-refractivity contribution in [1.29, 1.82) is 0 Å². The highest BCUT2D eigenvalue weighted by atomic mass is 16.5. The summed E-state index contributed by atoms with van der Waals surface area (Å²) < 4.78 is 10.6. The van der Waals surface area contributed by atoms with Crippen LogP contribution in [0.2, 0.25) is 0 Å². The second-order valence-corrected chi connectivity index (χ2v) is 5.09. The SMILES string of the molecule is O=C(NCCN1CCOCC1)C(=O)NC[C@H]1NCCCO1. The van der Waals surface area contributed by atoms with E-state index in [4.69, 9.17) is 9.47 Å². The van der Waals surface area contributed by atoms with Gasteiger partial charge in [-0.15, -0.1) is 0 Å². The highest BCUT2D eigenvalue weighted by molar-refractivity contribution is 6.35. The zero-order valence-electron chi connectivity index (χ0n) is 12.2. The molecular weight excluding hydrogens is 276 g/mol. The Balaban J connectivity index is 1.55. The minimum absolute atomic E-state index is 0.205. The number of hydrogen-bond acceptors (Lipinski definition) is 6. The van der Waals surface area contributed by atoms with E-state index in [-0.39, 0.29) is 6.23 Å². The molecule has 3 N–H and O–H groups in total. The molecule has 21 heavy (non-hydrogen) atoms. The standard InChI is InChI=1S/C13H24N4O4/c18-12(15-3-4-17-5-8-20-9-6-17)13(19)16-10-11-14-2-1-7-21-11/h11,14H,1-10H2,(H,15,18)(H,16,19)/t11-/m0/s1. The smallest absolute Gasteiger partial charge is 0.309 e. The van der Waals surface area contributed by atoms with Gasteiger partial charge in [0.25, 0.3) is 0 Å². The molecule has 0 spiro atoms. The van der Waals surface area contributed by atoms with E-state index < -0.39 is 11.8 Å². The zero-order valence-corrected chi connectivity index (χ0v) is 12.2. The minimum Gasteiger partial charge on any atom is -0.379 e. The minimum atomic E-state index is -0.618. The Morgan fingerprint density at radius 3 is 2.62 bits per heavy atom. The fourth-order valence-electron chi connectivity index (χ4n) is 2.25. The summed E-state index contributed by atoms with van der Waals surface area (Å²) >= 11 is 0. The van der Waals surface area contributed by atoms with Crippen LogP contribution >= 0.6 is 0 Å². The Labute approximate surface area is 124 Å². The van der Waals surface area contributed by atoms with Crippen molar-refractivity contribution in [2.75, 3.05) is 59.1 Å². The quantitative estimate of drug-likeness (QED) is 0.503. The van der Waals surface area contributed by atoms with Crippen LogP contribution in [-0.4, -0.2) is 82.0 Å². The molecule has 0 radical (unpaired) electrons. The molecule has 1 atom stereocenters. The van der Waals surface area contributed by atoms with Crippen molar-refractivity contribution in [2.24, 2.45) is 0 Å². The van der Waals surface area contributed by atoms with Gasteiger partial charge in [0.2, 0.25) is 0 Å². The Morgan fingerprint density at radius 2 is 1.90 bits per heavy atom. The maximum atomic E-state index is 11.6. The van der Waals surface area contributed by atoms with Gasteiger partial charge in [-0.3, -0.25) is 19.8 Å². The van der Waals surface area contributed by atoms with Crippen LogP contribution in [0.1, 0.15) is 6.42 Å². The van der Waals surface area contributed by atoms with Crippen molar-refractivity contribution < 1.29 is 19.1 Å². The highest BCUT2D eigenvalue weighted by Gasteiger charge is 2.18. The van der Waals surface area contributed by atoms with E-state index in [9.17, 15) is 9.59 Å². The molecular formula is C13H24N4O4. The fraction of sp³-hybridized carbons (Fsp3) is 0.846. The van der Waals surface area contributed by atoms with Crippen LogP contribution in [0.15, 0.2) is 0 Å². The van der Waals surface area contributed by atoms with Gasteiger partial charge in [0.15, 0.2) is 0 Å². The van der Waals surface area contributed by atoms with Crippen molar-refractivity contribution in [2.45, 2.75) is 12.6 Å². The predicted molar refractivity (Wildman–Crippen MR) is 75.6 cm³/mol. The first-order chi connectivity index (χ1) is 10.3. The summed E-state index contributed by atoms with van der Waals surface area (Å²) in [5, 5.41) is 8.30. The lowest BCUT2D eigenvalue weighted by Crippen LogP contribution is -2.50. The molecule has 0 unspecified atom stereocenters. The number of carbonyl (C=O) groups is 2. The molecule has 0 aromatic rings. The van der Waals surface area contributed by atoms with E-state index in [0.29, 0.717) is 19.7 Å². The third-order valence-corrected chi connectivity index (χ3v) is 3.48. The number of ether oxygens (including phenoxy) is 2. The molecule has 0 aliphatic carbocycles. The normalized spacial score (nSPS) is 23.5. The number of morpholine rings is 1. The summed E-state index contributed by atoms with van der Waals surface area (Å²) in [4.78, 5) is 25.5. The first-order valence-electron chi connectivity index (χ1n) is 7.47. The number of amides is 2. The van der Waals surface area contributed by atoms with Gasteiger partial charge in [0.1, 0.15) is 6.23 Å². The summed E-state index contributed by atoms with van der Waals surface area (Å²) in [6, 6.07) is 0. The topological polar surface area (TPSA) is 91.9 Å². The molecule has 8 nitrogen and oxygen atoms in total. The van der Waals surface area contributed by atoms with Crippen LogP contribution in [0.4, 0.5) is 0 Å². The van der Waals surface area contributed by atoms with Crippen LogP contribution in [-0.2, 0) is 19.1 Å². The highest BCUT2D eigenvalue weighted by Crippen LogP contribution is 1.96. The van der Waals surface area contributed by atoms with Gasteiger partial charge in [-0.2, -0.15) is 0 Å². The summed E-state index contributed by atoms with van der Waals surface area (Å²) in [5.41, 5.74) is 0. The van der Waals surface area contributed by atoms with E-state index >= 15 is 0 Å². The van der Waals surface area contributed by atoms with Gasteiger partial charge in [-0.25, -0.2) is 0 Å². The number of nitrogens with zero attached hydrogens (tertiary/aromatic N) is 1. The monoisotopic (exact) mass is 300 g/mol. The first kappa shape index (κ1) is 16.2.